The van der Waals surface area contributed by atoms with Gasteiger partial charge in [0, 0.05) is 0 Å². The maximum absolute atomic E-state index is 13.0. The first kappa shape index (κ1) is 11.3. The number of guanidine groups is 2. The summed E-state index contributed by atoms with van der Waals surface area (Å²) in [4.78, 5) is 7.20. The molecule has 1 aromatic carbocycles. The second-order valence-corrected chi connectivity index (χ2v) is 2.96. The van der Waals surface area contributed by atoms with Crippen LogP contribution in [0.2, 0.25) is 5.02 Å². The van der Waals surface area contributed by atoms with Gasteiger partial charge in [-0.05, 0) is 12.1 Å². The van der Waals surface area contributed by atoms with Crippen LogP contribution in [-0.2, 0) is 0 Å². The highest BCUT2D eigenvalue weighted by Gasteiger charge is 2.04. The SMILES string of the molecule is NC(N)=NC(N)=Nc1cccc(F)c1Cl. The Bertz CT molecular complexity index is 425. The van der Waals surface area contributed by atoms with Gasteiger partial charge >= 0.3 is 0 Å². The van der Waals surface area contributed by atoms with E-state index in [1.54, 1.807) is 0 Å². The average molecular weight is 230 g/mol. The number of nitrogens with two attached hydrogens (primary N) is 3. The largest absolute Gasteiger partial charge is 0.370 e. The minimum absolute atomic E-state index is 0.133. The standard InChI is InChI=1S/C8H9ClFN5/c9-6-4(10)2-1-3-5(6)14-8(13)15-7(11)12/h1-3H,(H6,11,12,13,14,15). The quantitative estimate of drug-likeness (QED) is 0.488. The summed E-state index contributed by atoms with van der Waals surface area (Å²) in [6, 6.07) is 4.14. The van der Waals surface area contributed by atoms with E-state index in [4.69, 9.17) is 28.8 Å². The molecule has 0 spiro atoms. The Morgan fingerprint density at radius 1 is 1.27 bits per heavy atom. The molecule has 7 heteroatoms. The van der Waals surface area contributed by atoms with E-state index >= 15 is 0 Å². The van der Waals surface area contributed by atoms with Crippen molar-refractivity contribution in [3.05, 3.63) is 29.0 Å². The van der Waals surface area contributed by atoms with Gasteiger partial charge in [-0.3, -0.25) is 0 Å². The third kappa shape index (κ3) is 3.10. The van der Waals surface area contributed by atoms with Gasteiger partial charge in [0.05, 0.1) is 5.69 Å². The molecular weight excluding hydrogens is 221 g/mol. The molecule has 15 heavy (non-hydrogen) atoms. The zero-order chi connectivity index (χ0) is 11.4. The van der Waals surface area contributed by atoms with Crippen molar-refractivity contribution in [3.8, 4) is 0 Å². The van der Waals surface area contributed by atoms with Crippen LogP contribution in [0.3, 0.4) is 0 Å². The van der Waals surface area contributed by atoms with E-state index in [2.05, 4.69) is 9.98 Å². The molecule has 0 unspecified atom stereocenters. The summed E-state index contributed by atoms with van der Waals surface area (Å²) in [5.74, 6) is -1.01. The molecule has 0 amide bonds. The van der Waals surface area contributed by atoms with Crippen LogP contribution in [0.1, 0.15) is 0 Å². The molecule has 0 aliphatic heterocycles. The lowest BCUT2D eigenvalue weighted by molar-refractivity contribution is 0.628. The van der Waals surface area contributed by atoms with Gasteiger partial charge in [0.2, 0.25) is 5.96 Å². The molecule has 0 aromatic heterocycles. The molecule has 0 aliphatic rings. The fraction of sp³-hybridized carbons (Fsp3) is 0. The molecule has 6 N–H and O–H groups in total. The minimum Gasteiger partial charge on any atom is -0.370 e. The second kappa shape index (κ2) is 4.61. The van der Waals surface area contributed by atoms with Crippen LogP contribution in [-0.4, -0.2) is 11.9 Å². The summed E-state index contributed by atoms with van der Waals surface area (Å²) in [5.41, 5.74) is 15.7. The molecule has 0 atom stereocenters. The zero-order valence-corrected chi connectivity index (χ0v) is 8.37. The molecule has 1 aromatic rings. The van der Waals surface area contributed by atoms with E-state index in [-0.39, 0.29) is 22.6 Å². The maximum atomic E-state index is 13.0. The number of halogens is 2. The van der Waals surface area contributed by atoms with Crippen molar-refractivity contribution in [2.24, 2.45) is 27.2 Å². The Labute approximate surface area is 90.4 Å². The van der Waals surface area contributed by atoms with Crippen molar-refractivity contribution >= 4 is 29.2 Å². The predicted octanol–water partition coefficient (Wildman–Crippen LogP) is 0.699. The van der Waals surface area contributed by atoms with Gasteiger partial charge in [-0.25, -0.2) is 9.38 Å². The van der Waals surface area contributed by atoms with Crippen molar-refractivity contribution in [1.29, 1.82) is 0 Å². The van der Waals surface area contributed by atoms with Crippen LogP contribution in [0.25, 0.3) is 0 Å². The highest BCUT2D eigenvalue weighted by atomic mass is 35.5. The lowest BCUT2D eigenvalue weighted by Crippen LogP contribution is -2.26. The van der Waals surface area contributed by atoms with E-state index in [0.717, 1.165) is 0 Å². The lowest BCUT2D eigenvalue weighted by Gasteiger charge is -1.99. The molecule has 80 valence electrons. The van der Waals surface area contributed by atoms with E-state index in [1.165, 1.54) is 18.2 Å². The van der Waals surface area contributed by atoms with Crippen LogP contribution in [0.5, 0.6) is 0 Å². The lowest BCUT2D eigenvalue weighted by atomic mass is 10.3. The fourth-order valence-electron chi connectivity index (χ4n) is 0.859. The van der Waals surface area contributed by atoms with E-state index in [0.29, 0.717) is 0 Å². The van der Waals surface area contributed by atoms with E-state index in [9.17, 15) is 4.39 Å². The number of rotatable bonds is 1. The van der Waals surface area contributed by atoms with Crippen molar-refractivity contribution in [2.75, 3.05) is 0 Å². The van der Waals surface area contributed by atoms with Gasteiger partial charge in [-0.1, -0.05) is 17.7 Å². The first-order chi connectivity index (χ1) is 7.00. The molecule has 5 nitrogen and oxygen atoms in total. The molecule has 0 saturated carbocycles. The molecule has 0 bridgehead atoms. The molecule has 0 saturated heterocycles. The summed E-state index contributed by atoms with van der Waals surface area (Å²) in [5, 5.41) is -0.133. The number of nitrogens with zero attached hydrogens (tertiary/aromatic N) is 2. The summed E-state index contributed by atoms with van der Waals surface area (Å²) >= 11 is 5.63. The van der Waals surface area contributed by atoms with Gasteiger partial charge in [0.15, 0.2) is 5.96 Å². The molecule has 1 rings (SSSR count). The third-order valence-electron chi connectivity index (χ3n) is 1.41. The highest BCUT2D eigenvalue weighted by Crippen LogP contribution is 2.26. The van der Waals surface area contributed by atoms with Crippen LogP contribution >= 0.6 is 11.6 Å². The average Bonchev–Trinajstić information content (AvgIpc) is 2.11. The first-order valence-electron chi connectivity index (χ1n) is 3.88. The first-order valence-corrected chi connectivity index (χ1v) is 4.26. The van der Waals surface area contributed by atoms with Gasteiger partial charge in [0.25, 0.3) is 0 Å². The van der Waals surface area contributed by atoms with Crippen LogP contribution in [0, 0.1) is 5.82 Å². The zero-order valence-electron chi connectivity index (χ0n) is 7.61. The number of aliphatic imine (C=N–C) groups is 2. The van der Waals surface area contributed by atoms with E-state index in [1.807, 2.05) is 0 Å². The summed E-state index contributed by atoms with van der Waals surface area (Å²) in [6.45, 7) is 0. The number of hydrogen-bond donors (Lipinski definition) is 3. The van der Waals surface area contributed by atoms with Gasteiger partial charge in [-0.15, -0.1) is 0 Å². The summed E-state index contributed by atoms with van der Waals surface area (Å²) in [6.07, 6.45) is 0. The Morgan fingerprint density at radius 3 is 2.53 bits per heavy atom. The number of hydrogen-bond acceptors (Lipinski definition) is 1. The molecular formula is C8H9ClFN5. The fourth-order valence-corrected chi connectivity index (χ4v) is 1.03. The predicted molar refractivity (Wildman–Crippen MR) is 58.5 cm³/mol. The molecule has 0 aliphatic carbocycles. The monoisotopic (exact) mass is 229 g/mol. The molecule has 0 radical (unpaired) electrons. The van der Waals surface area contributed by atoms with Crippen molar-refractivity contribution in [1.82, 2.24) is 0 Å². The summed E-state index contributed by atoms with van der Waals surface area (Å²) < 4.78 is 13.0. The van der Waals surface area contributed by atoms with Gasteiger partial charge in [0.1, 0.15) is 10.8 Å². The Kier molecular flexibility index (Phi) is 3.46. The van der Waals surface area contributed by atoms with Crippen molar-refractivity contribution in [2.45, 2.75) is 0 Å². The summed E-state index contributed by atoms with van der Waals surface area (Å²) in [7, 11) is 0. The van der Waals surface area contributed by atoms with Crippen molar-refractivity contribution < 1.29 is 4.39 Å². The van der Waals surface area contributed by atoms with Crippen LogP contribution in [0.4, 0.5) is 10.1 Å². The minimum atomic E-state index is -0.588. The Hall–Kier alpha value is -1.82. The highest BCUT2D eigenvalue weighted by molar-refractivity contribution is 6.33. The Morgan fingerprint density at radius 2 is 1.93 bits per heavy atom. The third-order valence-corrected chi connectivity index (χ3v) is 1.78. The topological polar surface area (TPSA) is 103 Å². The molecule has 0 fully saturated rings. The van der Waals surface area contributed by atoms with Gasteiger partial charge < -0.3 is 17.2 Å². The molecule has 0 heterocycles. The van der Waals surface area contributed by atoms with Gasteiger partial charge in [-0.2, -0.15) is 4.99 Å². The van der Waals surface area contributed by atoms with Crippen LogP contribution < -0.4 is 17.2 Å². The smallest absolute Gasteiger partial charge is 0.223 e. The van der Waals surface area contributed by atoms with Crippen molar-refractivity contribution in [3.63, 3.8) is 0 Å². The maximum Gasteiger partial charge on any atom is 0.223 e. The van der Waals surface area contributed by atoms with Crippen LogP contribution in [0.15, 0.2) is 28.2 Å². The number of benzene rings is 1. The van der Waals surface area contributed by atoms with E-state index < -0.39 is 5.82 Å². The Balaban J connectivity index is 3.09. The second-order valence-electron chi connectivity index (χ2n) is 2.58. The normalized spacial score (nSPS) is 11.2.